The molecule has 2 heterocycles. The molecule has 0 atom stereocenters. The zero-order valence-electron chi connectivity index (χ0n) is 18.2. The Morgan fingerprint density at radius 2 is 1.97 bits per heavy atom. The molecule has 0 fully saturated rings. The number of carbonyl (C=O) groups is 1. The molecule has 0 amide bonds. The Bertz CT molecular complexity index is 1100. The van der Waals surface area contributed by atoms with Crippen LogP contribution in [0.2, 0.25) is 0 Å². The van der Waals surface area contributed by atoms with Crippen molar-refractivity contribution in [2.75, 3.05) is 0 Å². The van der Waals surface area contributed by atoms with Gasteiger partial charge in [0.25, 0.3) is 5.89 Å². The Balaban J connectivity index is 1.65. The molecule has 1 aliphatic rings. The highest BCUT2D eigenvalue weighted by Gasteiger charge is 2.32. The van der Waals surface area contributed by atoms with Crippen LogP contribution in [0.15, 0.2) is 16.7 Å². The van der Waals surface area contributed by atoms with Crippen LogP contribution in [0.25, 0.3) is 23.0 Å². The summed E-state index contributed by atoms with van der Waals surface area (Å²) in [5.74, 6) is 0.186. The molecule has 3 aromatic rings. The molecule has 158 valence electrons. The molecule has 0 saturated carbocycles. The maximum atomic E-state index is 10.9. The van der Waals surface area contributed by atoms with Gasteiger partial charge in [-0.2, -0.15) is 10.1 Å². The van der Waals surface area contributed by atoms with E-state index in [0.29, 0.717) is 18.1 Å². The molecule has 30 heavy (non-hydrogen) atoms. The summed E-state index contributed by atoms with van der Waals surface area (Å²) in [5.41, 5.74) is 7.52. The van der Waals surface area contributed by atoms with E-state index in [4.69, 9.17) is 9.63 Å². The molecule has 2 aromatic heterocycles. The fourth-order valence-electron chi connectivity index (χ4n) is 4.45. The molecule has 0 unspecified atom stereocenters. The van der Waals surface area contributed by atoms with E-state index in [1.54, 1.807) is 0 Å². The van der Waals surface area contributed by atoms with Gasteiger partial charge < -0.3 is 9.63 Å². The number of hydrogen-bond donors (Lipinski definition) is 1. The Morgan fingerprint density at radius 1 is 1.27 bits per heavy atom. The lowest BCUT2D eigenvalue weighted by atomic mass is 9.76. The maximum Gasteiger partial charge on any atom is 0.303 e. The van der Waals surface area contributed by atoms with Crippen molar-refractivity contribution in [2.24, 2.45) is 12.5 Å². The molecular weight excluding hydrogens is 380 g/mol. The van der Waals surface area contributed by atoms with Gasteiger partial charge in [-0.1, -0.05) is 19.0 Å². The van der Waals surface area contributed by atoms with Crippen molar-refractivity contribution < 1.29 is 14.4 Å². The minimum Gasteiger partial charge on any atom is -0.481 e. The van der Waals surface area contributed by atoms with E-state index in [1.165, 1.54) is 11.3 Å². The third-order valence-electron chi connectivity index (χ3n) is 6.14. The second-order valence-electron chi connectivity index (χ2n) is 9.14. The van der Waals surface area contributed by atoms with Gasteiger partial charge in [-0.3, -0.25) is 9.48 Å². The smallest absolute Gasteiger partial charge is 0.303 e. The average Bonchev–Trinajstić information content (AvgIpc) is 3.25. The van der Waals surface area contributed by atoms with Crippen LogP contribution >= 0.6 is 0 Å². The molecule has 0 radical (unpaired) electrons. The Labute approximate surface area is 176 Å². The van der Waals surface area contributed by atoms with E-state index in [0.717, 1.165) is 47.2 Å². The molecule has 7 heteroatoms. The lowest BCUT2D eigenvalue weighted by Crippen LogP contribution is -2.23. The van der Waals surface area contributed by atoms with Gasteiger partial charge in [-0.25, -0.2) is 0 Å². The quantitative estimate of drug-likeness (QED) is 0.677. The van der Waals surface area contributed by atoms with Crippen LogP contribution in [-0.4, -0.2) is 31.0 Å². The lowest BCUT2D eigenvalue weighted by Gasteiger charge is -2.29. The number of carboxylic acids is 1. The van der Waals surface area contributed by atoms with Crippen molar-refractivity contribution >= 4 is 5.97 Å². The van der Waals surface area contributed by atoms with Crippen LogP contribution in [0.1, 0.15) is 54.6 Å². The normalized spacial score (nSPS) is 15.2. The van der Waals surface area contributed by atoms with Gasteiger partial charge in [0.2, 0.25) is 5.82 Å². The Hall–Kier alpha value is -2.96. The predicted octanol–water partition coefficient (Wildman–Crippen LogP) is 4.29. The van der Waals surface area contributed by atoms with E-state index in [9.17, 15) is 4.79 Å². The van der Waals surface area contributed by atoms with Crippen molar-refractivity contribution in [3.8, 4) is 23.0 Å². The second-order valence-corrected chi connectivity index (χ2v) is 9.14. The van der Waals surface area contributed by atoms with Gasteiger partial charge in [-0.15, -0.1) is 0 Å². The van der Waals surface area contributed by atoms with Crippen molar-refractivity contribution in [1.82, 2.24) is 19.9 Å². The van der Waals surface area contributed by atoms with E-state index < -0.39 is 5.97 Å². The van der Waals surface area contributed by atoms with Crippen molar-refractivity contribution in [1.29, 1.82) is 0 Å². The van der Waals surface area contributed by atoms with Crippen LogP contribution in [0, 0.1) is 19.3 Å². The van der Waals surface area contributed by atoms with Crippen LogP contribution in [0.3, 0.4) is 0 Å². The molecule has 1 aliphatic carbocycles. The molecule has 4 rings (SSSR count). The summed E-state index contributed by atoms with van der Waals surface area (Å²) in [5, 5.41) is 17.9. The first-order chi connectivity index (χ1) is 14.1. The maximum absolute atomic E-state index is 10.9. The van der Waals surface area contributed by atoms with Gasteiger partial charge in [0, 0.05) is 30.3 Å². The first kappa shape index (κ1) is 20.3. The topological polar surface area (TPSA) is 94.0 Å². The minimum absolute atomic E-state index is 0.120. The Morgan fingerprint density at radius 3 is 2.63 bits per heavy atom. The summed E-state index contributed by atoms with van der Waals surface area (Å²) in [4.78, 5) is 15.6. The summed E-state index contributed by atoms with van der Waals surface area (Å²) >= 11 is 0. The van der Waals surface area contributed by atoms with Crippen molar-refractivity contribution in [3.05, 3.63) is 40.1 Å². The number of carboxylic acid groups (broad SMARTS) is 1. The van der Waals surface area contributed by atoms with Crippen molar-refractivity contribution in [2.45, 2.75) is 59.8 Å². The van der Waals surface area contributed by atoms with Gasteiger partial charge in [0.1, 0.15) is 0 Å². The van der Waals surface area contributed by atoms with Gasteiger partial charge in [-0.05, 0) is 73.8 Å². The first-order valence-electron chi connectivity index (χ1n) is 10.4. The second kappa shape index (κ2) is 7.38. The summed E-state index contributed by atoms with van der Waals surface area (Å²) in [7, 11) is 1.98. The SMILES string of the molecule is Cc1cc(-c2noc(-c3nn(C)c4c3CCC(C)(C)C4)n2)cc(C)c1CCC(=O)O. The highest BCUT2D eigenvalue weighted by molar-refractivity contribution is 5.68. The number of aromatic nitrogens is 4. The number of aryl methyl sites for hydroxylation is 3. The molecule has 1 N–H and O–H groups in total. The number of nitrogens with zero attached hydrogens (tertiary/aromatic N) is 4. The first-order valence-corrected chi connectivity index (χ1v) is 10.4. The standard InChI is InChI=1S/C23H28N4O3/c1-13-10-15(11-14(2)16(13)6-7-19(28)29)21-24-22(30-26-21)20-17-8-9-23(3,4)12-18(17)27(5)25-20/h10-11H,6-9,12H2,1-5H3,(H,28,29). The van der Waals surface area contributed by atoms with Gasteiger partial charge >= 0.3 is 5.97 Å². The zero-order chi connectivity index (χ0) is 21.6. The van der Waals surface area contributed by atoms with E-state index in [1.807, 2.05) is 37.7 Å². The summed E-state index contributed by atoms with van der Waals surface area (Å²) in [6.07, 6.45) is 3.69. The van der Waals surface area contributed by atoms with Crippen LogP contribution < -0.4 is 0 Å². The molecular formula is C23H28N4O3. The monoisotopic (exact) mass is 408 g/mol. The van der Waals surface area contributed by atoms with E-state index in [-0.39, 0.29) is 11.8 Å². The van der Waals surface area contributed by atoms with Gasteiger partial charge in [0.15, 0.2) is 5.69 Å². The molecule has 0 spiro atoms. The predicted molar refractivity (Wildman–Crippen MR) is 113 cm³/mol. The van der Waals surface area contributed by atoms with Crippen LogP contribution in [0.4, 0.5) is 0 Å². The van der Waals surface area contributed by atoms with E-state index in [2.05, 4.69) is 29.1 Å². The van der Waals surface area contributed by atoms with Crippen molar-refractivity contribution in [3.63, 3.8) is 0 Å². The third kappa shape index (κ3) is 3.76. The van der Waals surface area contributed by atoms with Gasteiger partial charge in [0.05, 0.1) is 0 Å². The Kier molecular flexibility index (Phi) is 5.00. The molecule has 0 aliphatic heterocycles. The molecule has 1 aromatic carbocycles. The van der Waals surface area contributed by atoms with Crippen LogP contribution in [-0.2, 0) is 31.1 Å². The molecule has 0 bridgehead atoms. The summed E-state index contributed by atoms with van der Waals surface area (Å²) < 4.78 is 7.56. The summed E-state index contributed by atoms with van der Waals surface area (Å²) in [6, 6.07) is 3.99. The average molecular weight is 409 g/mol. The van der Waals surface area contributed by atoms with E-state index >= 15 is 0 Å². The molecule has 7 nitrogen and oxygen atoms in total. The van der Waals surface area contributed by atoms with Crippen LogP contribution in [0.5, 0.6) is 0 Å². The highest BCUT2D eigenvalue weighted by Crippen LogP contribution is 2.38. The number of aliphatic carboxylic acids is 1. The fourth-order valence-corrected chi connectivity index (χ4v) is 4.45. The lowest BCUT2D eigenvalue weighted by molar-refractivity contribution is -0.136. The number of hydrogen-bond acceptors (Lipinski definition) is 5. The highest BCUT2D eigenvalue weighted by atomic mass is 16.5. The third-order valence-corrected chi connectivity index (χ3v) is 6.14. The number of rotatable bonds is 5. The molecule has 0 saturated heterocycles. The number of benzene rings is 1. The summed E-state index contributed by atoms with van der Waals surface area (Å²) in [6.45, 7) is 8.56. The minimum atomic E-state index is -0.789. The fraction of sp³-hybridized carbons (Fsp3) is 0.478. The zero-order valence-corrected chi connectivity index (χ0v) is 18.2. The number of fused-ring (bicyclic) bond motifs is 1. The largest absolute Gasteiger partial charge is 0.481 e.